The third-order valence-corrected chi connectivity index (χ3v) is 3.00. The molecule has 1 aromatic rings. The number of rotatable bonds is 6. The third kappa shape index (κ3) is 3.02. The van der Waals surface area contributed by atoms with Gasteiger partial charge in [-0.15, -0.1) is 5.10 Å². The summed E-state index contributed by atoms with van der Waals surface area (Å²) in [5.74, 6) is 0.946. The highest BCUT2D eigenvalue weighted by molar-refractivity contribution is 4.99. The van der Waals surface area contributed by atoms with Crippen molar-refractivity contribution in [2.45, 2.75) is 51.6 Å². The second-order valence-electron chi connectivity index (χ2n) is 4.53. The van der Waals surface area contributed by atoms with Crippen molar-refractivity contribution in [3.05, 3.63) is 11.9 Å². The minimum atomic E-state index is 0.0599. The van der Waals surface area contributed by atoms with Crippen LogP contribution in [0.25, 0.3) is 0 Å². The van der Waals surface area contributed by atoms with Gasteiger partial charge in [0.2, 0.25) is 0 Å². The maximum Gasteiger partial charge on any atom is 0.0994 e. The average molecular weight is 208 g/mol. The van der Waals surface area contributed by atoms with Gasteiger partial charge in [0, 0.05) is 6.54 Å². The summed E-state index contributed by atoms with van der Waals surface area (Å²) in [6.07, 6.45) is 8.12. The molecular weight excluding hydrogens is 188 g/mol. The molecule has 0 amide bonds. The van der Waals surface area contributed by atoms with E-state index in [1.54, 1.807) is 0 Å². The lowest BCUT2D eigenvalue weighted by Gasteiger charge is -2.04. The monoisotopic (exact) mass is 208 g/mol. The van der Waals surface area contributed by atoms with Gasteiger partial charge in [-0.05, 0) is 18.8 Å². The summed E-state index contributed by atoms with van der Waals surface area (Å²) >= 11 is 0. The quantitative estimate of drug-likeness (QED) is 0.776. The molecule has 0 saturated heterocycles. The Labute approximate surface area is 90.8 Å². The predicted molar refractivity (Wildman–Crippen MR) is 59.2 cm³/mol. The Hall–Kier alpha value is -0.900. The van der Waals surface area contributed by atoms with Crippen molar-refractivity contribution in [1.29, 1.82) is 0 Å². The van der Waals surface area contributed by atoms with Crippen LogP contribution in [0, 0.1) is 5.92 Å². The second kappa shape index (κ2) is 4.75. The number of nitrogens with zero attached hydrogens (tertiary/aromatic N) is 3. The third-order valence-electron chi connectivity index (χ3n) is 3.00. The molecule has 1 atom stereocenters. The molecule has 0 aliphatic heterocycles. The summed E-state index contributed by atoms with van der Waals surface area (Å²) in [5.41, 5.74) is 6.91. The Balaban J connectivity index is 1.84. The summed E-state index contributed by atoms with van der Waals surface area (Å²) in [6, 6.07) is 0.0599. The molecule has 1 aliphatic rings. The van der Waals surface area contributed by atoms with Crippen LogP contribution in [0.15, 0.2) is 6.20 Å². The normalized spacial score (nSPS) is 18.0. The summed E-state index contributed by atoms with van der Waals surface area (Å²) in [6.45, 7) is 3.13. The van der Waals surface area contributed by atoms with Gasteiger partial charge in [0.15, 0.2) is 0 Å². The highest BCUT2D eigenvalue weighted by atomic mass is 15.4. The fourth-order valence-corrected chi connectivity index (χ4v) is 1.77. The minimum absolute atomic E-state index is 0.0599. The van der Waals surface area contributed by atoms with E-state index in [-0.39, 0.29) is 6.04 Å². The van der Waals surface area contributed by atoms with Crippen LogP contribution in [0.1, 0.15) is 50.8 Å². The first-order valence-corrected chi connectivity index (χ1v) is 5.95. The molecule has 0 spiro atoms. The van der Waals surface area contributed by atoms with E-state index in [0.717, 1.165) is 31.0 Å². The van der Waals surface area contributed by atoms with Gasteiger partial charge in [0.05, 0.1) is 17.9 Å². The fraction of sp³-hybridized carbons (Fsp3) is 0.818. The van der Waals surface area contributed by atoms with Crippen LogP contribution in [-0.2, 0) is 6.54 Å². The summed E-state index contributed by atoms with van der Waals surface area (Å²) < 4.78 is 1.93. The zero-order chi connectivity index (χ0) is 10.7. The van der Waals surface area contributed by atoms with E-state index in [2.05, 4.69) is 17.2 Å². The molecule has 1 aliphatic carbocycles. The minimum Gasteiger partial charge on any atom is -0.323 e. The van der Waals surface area contributed by atoms with E-state index in [1.807, 2.05) is 10.9 Å². The van der Waals surface area contributed by atoms with Gasteiger partial charge >= 0.3 is 0 Å². The van der Waals surface area contributed by atoms with Gasteiger partial charge < -0.3 is 5.73 Å². The Kier molecular flexibility index (Phi) is 3.36. The summed E-state index contributed by atoms with van der Waals surface area (Å²) in [4.78, 5) is 0. The lowest BCUT2D eigenvalue weighted by atomic mass is 10.1. The molecule has 4 nitrogen and oxygen atoms in total. The highest BCUT2D eigenvalue weighted by Gasteiger charge is 2.21. The molecular formula is C11H20N4. The van der Waals surface area contributed by atoms with Crippen molar-refractivity contribution in [1.82, 2.24) is 15.0 Å². The van der Waals surface area contributed by atoms with Crippen molar-refractivity contribution in [3.63, 3.8) is 0 Å². The molecule has 1 unspecified atom stereocenters. The van der Waals surface area contributed by atoms with Crippen molar-refractivity contribution < 1.29 is 0 Å². The molecule has 84 valence electrons. The lowest BCUT2D eigenvalue weighted by molar-refractivity contribution is 0.531. The molecule has 0 aromatic carbocycles. The molecule has 4 heteroatoms. The molecule has 1 aromatic heterocycles. The van der Waals surface area contributed by atoms with Gasteiger partial charge in [-0.2, -0.15) is 0 Å². The van der Waals surface area contributed by atoms with E-state index >= 15 is 0 Å². The van der Waals surface area contributed by atoms with E-state index in [0.29, 0.717) is 0 Å². The van der Waals surface area contributed by atoms with Crippen LogP contribution in [-0.4, -0.2) is 15.0 Å². The summed E-state index contributed by atoms with van der Waals surface area (Å²) in [5, 5.41) is 8.23. The largest absolute Gasteiger partial charge is 0.323 e. The number of nitrogens with two attached hydrogens (primary N) is 1. The predicted octanol–water partition coefficient (Wildman–Crippen LogP) is 1.88. The molecule has 1 heterocycles. The smallest absolute Gasteiger partial charge is 0.0994 e. The molecule has 0 bridgehead atoms. The van der Waals surface area contributed by atoms with Crippen LogP contribution in [0.3, 0.4) is 0 Å². The number of hydrogen-bond donors (Lipinski definition) is 1. The van der Waals surface area contributed by atoms with Crippen LogP contribution < -0.4 is 5.73 Å². The van der Waals surface area contributed by atoms with Crippen molar-refractivity contribution >= 4 is 0 Å². The first-order chi connectivity index (χ1) is 7.29. The highest BCUT2D eigenvalue weighted by Crippen LogP contribution is 2.32. The summed E-state index contributed by atoms with van der Waals surface area (Å²) in [7, 11) is 0. The first kappa shape index (κ1) is 10.6. The Morgan fingerprint density at radius 3 is 3.07 bits per heavy atom. The standard InChI is InChI=1S/C11H20N4/c1-2-3-10(12)11-8-15(14-13-11)7-6-9-4-5-9/h8-10H,2-7,12H2,1H3. The van der Waals surface area contributed by atoms with Crippen LogP contribution in [0.2, 0.25) is 0 Å². The Morgan fingerprint density at radius 1 is 1.60 bits per heavy atom. The molecule has 2 N–H and O–H groups in total. The topological polar surface area (TPSA) is 56.7 Å². The fourth-order valence-electron chi connectivity index (χ4n) is 1.77. The van der Waals surface area contributed by atoms with Crippen LogP contribution in [0.4, 0.5) is 0 Å². The van der Waals surface area contributed by atoms with Crippen LogP contribution in [0.5, 0.6) is 0 Å². The van der Waals surface area contributed by atoms with Crippen LogP contribution >= 0.6 is 0 Å². The van der Waals surface area contributed by atoms with Gasteiger partial charge in [-0.1, -0.05) is 31.4 Å². The van der Waals surface area contributed by atoms with E-state index < -0.39 is 0 Å². The lowest BCUT2D eigenvalue weighted by Crippen LogP contribution is -2.10. The van der Waals surface area contributed by atoms with Crippen molar-refractivity contribution in [2.75, 3.05) is 0 Å². The Bertz CT molecular complexity index is 303. The van der Waals surface area contributed by atoms with E-state index in [9.17, 15) is 0 Å². The number of aromatic nitrogens is 3. The number of aryl methyl sites for hydroxylation is 1. The Morgan fingerprint density at radius 2 is 2.40 bits per heavy atom. The zero-order valence-electron chi connectivity index (χ0n) is 9.39. The van der Waals surface area contributed by atoms with E-state index in [4.69, 9.17) is 5.73 Å². The molecule has 2 rings (SSSR count). The second-order valence-corrected chi connectivity index (χ2v) is 4.53. The zero-order valence-corrected chi connectivity index (χ0v) is 9.39. The first-order valence-electron chi connectivity index (χ1n) is 5.95. The van der Waals surface area contributed by atoms with Crippen molar-refractivity contribution in [3.8, 4) is 0 Å². The SMILES string of the molecule is CCCC(N)c1cn(CCC2CC2)nn1. The molecule has 1 fully saturated rings. The van der Waals surface area contributed by atoms with Gasteiger partial charge in [-0.3, -0.25) is 4.68 Å². The van der Waals surface area contributed by atoms with Gasteiger partial charge in [0.1, 0.15) is 0 Å². The number of hydrogen-bond acceptors (Lipinski definition) is 3. The van der Waals surface area contributed by atoms with E-state index in [1.165, 1.54) is 19.3 Å². The van der Waals surface area contributed by atoms with Crippen molar-refractivity contribution in [2.24, 2.45) is 11.7 Å². The maximum atomic E-state index is 5.97. The molecule has 1 saturated carbocycles. The molecule has 0 radical (unpaired) electrons. The maximum absolute atomic E-state index is 5.97. The van der Waals surface area contributed by atoms with Gasteiger partial charge in [-0.25, -0.2) is 0 Å². The molecule has 15 heavy (non-hydrogen) atoms. The van der Waals surface area contributed by atoms with Gasteiger partial charge in [0.25, 0.3) is 0 Å². The average Bonchev–Trinajstić information content (AvgIpc) is 2.93.